The molecule has 0 aliphatic heterocycles. The van der Waals surface area contributed by atoms with Crippen LogP contribution in [-0.2, 0) is 16.6 Å². The largest absolute Gasteiger partial charge is 0.507 e. The Labute approximate surface area is 145 Å². The van der Waals surface area contributed by atoms with E-state index in [2.05, 4.69) is 11.1 Å². The Hall–Kier alpha value is -3.07. The minimum atomic E-state index is -0.384. The van der Waals surface area contributed by atoms with Crippen molar-refractivity contribution >= 4 is 22.6 Å². The highest BCUT2D eigenvalue weighted by Crippen LogP contribution is 2.23. The zero-order valence-corrected chi connectivity index (χ0v) is 14.0. The first-order chi connectivity index (χ1) is 12.1. The quantitative estimate of drug-likeness (QED) is 0.391. The van der Waals surface area contributed by atoms with Crippen molar-refractivity contribution in [2.45, 2.75) is 19.3 Å². The van der Waals surface area contributed by atoms with Gasteiger partial charge in [-0.3, -0.25) is 4.79 Å². The van der Waals surface area contributed by atoms with E-state index in [4.69, 9.17) is 4.74 Å². The lowest BCUT2D eigenvalue weighted by atomic mass is 10.1. The molecule has 6 nitrogen and oxygen atoms in total. The molecule has 2 aromatic rings. The second-order valence-corrected chi connectivity index (χ2v) is 6.05. The first kappa shape index (κ1) is 16.8. The van der Waals surface area contributed by atoms with Crippen LogP contribution >= 0.6 is 0 Å². The minimum absolute atomic E-state index is 0.00672. The van der Waals surface area contributed by atoms with Gasteiger partial charge in [0.15, 0.2) is 11.6 Å². The first-order valence-electron chi connectivity index (χ1n) is 8.16. The number of aryl methyl sites for hydroxylation is 1. The number of carbonyl (C=O) groups is 1. The van der Waals surface area contributed by atoms with E-state index in [0.717, 1.165) is 23.9 Å². The van der Waals surface area contributed by atoms with Gasteiger partial charge in [0.1, 0.15) is 18.2 Å². The third-order valence-corrected chi connectivity index (χ3v) is 4.32. The number of aliphatic hydroxyl groups is 1. The molecule has 3 rings (SSSR count). The maximum Gasteiger partial charge on any atom is 0.306 e. The fourth-order valence-corrected chi connectivity index (χ4v) is 2.97. The number of allylic oxidation sites excluding steroid dienone is 3. The highest BCUT2D eigenvalue weighted by atomic mass is 16.5. The molecule has 1 aliphatic rings. The average Bonchev–Trinajstić information content (AvgIpc) is 3.23. The summed E-state index contributed by atoms with van der Waals surface area (Å²) in [7, 11) is 1.77. The summed E-state index contributed by atoms with van der Waals surface area (Å²) in [6.07, 6.45) is 6.28. The molecule has 0 amide bonds. The molecule has 1 aromatic heterocycles. The summed E-state index contributed by atoms with van der Waals surface area (Å²) in [5.41, 5.74) is 1.58. The SMILES string of the molecule is Cn1c(/C(C#N)=C(\O)COC(=O)C[C@H]2C=CCC2)nc2ccccc21. The Morgan fingerprint density at radius 3 is 2.96 bits per heavy atom. The van der Waals surface area contributed by atoms with Gasteiger partial charge in [-0.1, -0.05) is 24.3 Å². The number of fused-ring (bicyclic) bond motifs is 1. The van der Waals surface area contributed by atoms with Crippen LogP contribution in [0.2, 0.25) is 0 Å². The molecule has 25 heavy (non-hydrogen) atoms. The van der Waals surface area contributed by atoms with Crippen molar-refractivity contribution in [1.29, 1.82) is 5.26 Å². The van der Waals surface area contributed by atoms with Crippen molar-refractivity contribution in [3.8, 4) is 6.07 Å². The number of imidazole rings is 1. The lowest BCUT2D eigenvalue weighted by Gasteiger charge is -2.09. The number of carbonyl (C=O) groups excluding carboxylic acids is 1. The van der Waals surface area contributed by atoms with Gasteiger partial charge in [-0.25, -0.2) is 4.98 Å². The number of nitriles is 1. The average molecular weight is 337 g/mol. The maximum absolute atomic E-state index is 11.9. The molecule has 0 saturated carbocycles. The molecule has 1 atom stereocenters. The van der Waals surface area contributed by atoms with Crippen LogP contribution in [0.1, 0.15) is 25.1 Å². The molecule has 0 spiro atoms. The third-order valence-electron chi connectivity index (χ3n) is 4.32. The number of ether oxygens (including phenoxy) is 1. The molecule has 0 fully saturated rings. The van der Waals surface area contributed by atoms with Gasteiger partial charge in [0, 0.05) is 7.05 Å². The highest BCUT2D eigenvalue weighted by molar-refractivity contribution is 5.83. The Balaban J connectivity index is 1.75. The van der Waals surface area contributed by atoms with Gasteiger partial charge in [-0.15, -0.1) is 0 Å². The normalized spacial score (nSPS) is 17.4. The van der Waals surface area contributed by atoms with Gasteiger partial charge in [0.25, 0.3) is 0 Å². The summed E-state index contributed by atoms with van der Waals surface area (Å²) in [6.45, 7) is -0.332. The number of nitrogens with zero attached hydrogens (tertiary/aromatic N) is 3. The number of benzene rings is 1. The van der Waals surface area contributed by atoms with Crippen LogP contribution in [0.3, 0.4) is 0 Å². The zero-order valence-electron chi connectivity index (χ0n) is 14.0. The van der Waals surface area contributed by atoms with Crippen LogP contribution < -0.4 is 0 Å². The van der Waals surface area contributed by atoms with Crippen LogP contribution in [0.5, 0.6) is 0 Å². The monoisotopic (exact) mass is 337 g/mol. The Morgan fingerprint density at radius 1 is 1.48 bits per heavy atom. The Bertz CT molecular complexity index is 902. The van der Waals surface area contributed by atoms with Gasteiger partial charge < -0.3 is 14.4 Å². The smallest absolute Gasteiger partial charge is 0.306 e. The topological polar surface area (TPSA) is 88.1 Å². The van der Waals surface area contributed by atoms with E-state index in [1.807, 2.05) is 36.4 Å². The van der Waals surface area contributed by atoms with E-state index in [-0.39, 0.29) is 36.2 Å². The van der Waals surface area contributed by atoms with Crippen molar-refractivity contribution in [3.05, 3.63) is 48.0 Å². The number of rotatable bonds is 5. The lowest BCUT2D eigenvalue weighted by molar-refractivity contribution is -0.144. The first-order valence-corrected chi connectivity index (χ1v) is 8.16. The zero-order chi connectivity index (χ0) is 17.8. The summed E-state index contributed by atoms with van der Waals surface area (Å²) in [4.78, 5) is 16.3. The number of hydrogen-bond donors (Lipinski definition) is 1. The molecule has 128 valence electrons. The number of para-hydroxylation sites is 2. The van der Waals surface area contributed by atoms with E-state index in [1.54, 1.807) is 11.6 Å². The second-order valence-electron chi connectivity index (χ2n) is 6.05. The van der Waals surface area contributed by atoms with E-state index in [1.165, 1.54) is 0 Å². The van der Waals surface area contributed by atoms with Gasteiger partial charge >= 0.3 is 5.97 Å². The molecule has 1 heterocycles. The third kappa shape index (κ3) is 3.56. The van der Waals surface area contributed by atoms with Gasteiger partial charge in [-0.2, -0.15) is 5.26 Å². The number of hydrogen-bond acceptors (Lipinski definition) is 5. The Morgan fingerprint density at radius 2 is 2.28 bits per heavy atom. The molecule has 0 unspecified atom stereocenters. The van der Waals surface area contributed by atoms with Crippen molar-refractivity contribution < 1.29 is 14.6 Å². The molecule has 1 aromatic carbocycles. The van der Waals surface area contributed by atoms with Gasteiger partial charge in [0.2, 0.25) is 0 Å². The van der Waals surface area contributed by atoms with E-state index in [9.17, 15) is 15.2 Å². The fraction of sp³-hybridized carbons (Fsp3) is 0.316. The van der Waals surface area contributed by atoms with Crippen molar-refractivity contribution in [2.75, 3.05) is 6.61 Å². The molecule has 0 radical (unpaired) electrons. The van der Waals surface area contributed by atoms with Crippen LogP contribution in [-0.4, -0.2) is 27.2 Å². The summed E-state index contributed by atoms with van der Waals surface area (Å²) in [6, 6.07) is 9.41. The number of aliphatic hydroxyl groups excluding tert-OH is 1. The molecular weight excluding hydrogens is 318 g/mol. The van der Waals surface area contributed by atoms with Crippen molar-refractivity contribution in [1.82, 2.24) is 9.55 Å². The lowest BCUT2D eigenvalue weighted by Crippen LogP contribution is -2.12. The fourth-order valence-electron chi connectivity index (χ4n) is 2.97. The van der Waals surface area contributed by atoms with Crippen LogP contribution in [0, 0.1) is 17.2 Å². The van der Waals surface area contributed by atoms with E-state index >= 15 is 0 Å². The van der Waals surface area contributed by atoms with Gasteiger partial charge in [0.05, 0.1) is 17.5 Å². The summed E-state index contributed by atoms with van der Waals surface area (Å²) in [5, 5.41) is 19.7. The predicted molar refractivity (Wildman–Crippen MR) is 93.3 cm³/mol. The van der Waals surface area contributed by atoms with Crippen LogP contribution in [0.4, 0.5) is 0 Å². The molecule has 0 saturated heterocycles. The number of aromatic nitrogens is 2. The standard InChI is InChI=1S/C19H19N3O3/c1-22-16-9-5-4-8-15(16)21-19(22)14(11-20)17(23)12-25-18(24)10-13-6-2-3-7-13/h2,4-6,8-9,13,23H,3,7,10,12H2,1H3/b17-14-/t13-/m0/s1. The number of esters is 1. The highest BCUT2D eigenvalue weighted by Gasteiger charge is 2.19. The maximum atomic E-state index is 11.9. The molecule has 1 aliphatic carbocycles. The second kappa shape index (κ2) is 7.22. The Kier molecular flexibility index (Phi) is 4.85. The summed E-state index contributed by atoms with van der Waals surface area (Å²) >= 11 is 0. The summed E-state index contributed by atoms with van der Waals surface area (Å²) in [5.74, 6) is -0.133. The van der Waals surface area contributed by atoms with Gasteiger partial charge in [-0.05, 0) is 30.9 Å². The summed E-state index contributed by atoms with van der Waals surface area (Å²) < 4.78 is 6.85. The van der Waals surface area contributed by atoms with Crippen molar-refractivity contribution in [3.63, 3.8) is 0 Å². The molecule has 0 bridgehead atoms. The molecule has 6 heteroatoms. The predicted octanol–water partition coefficient (Wildman–Crippen LogP) is 3.27. The van der Waals surface area contributed by atoms with E-state index in [0.29, 0.717) is 5.82 Å². The molecule has 1 N–H and O–H groups in total. The minimum Gasteiger partial charge on any atom is -0.507 e. The van der Waals surface area contributed by atoms with Crippen LogP contribution in [0.25, 0.3) is 16.6 Å². The van der Waals surface area contributed by atoms with Crippen LogP contribution in [0.15, 0.2) is 42.2 Å². The van der Waals surface area contributed by atoms with E-state index < -0.39 is 0 Å². The van der Waals surface area contributed by atoms with Crippen molar-refractivity contribution in [2.24, 2.45) is 13.0 Å². The molecular formula is C19H19N3O3.